The van der Waals surface area contributed by atoms with Gasteiger partial charge in [0, 0.05) is 6.92 Å². The number of imidazole rings is 1. The van der Waals surface area contributed by atoms with Gasteiger partial charge in [0.25, 0.3) is 0 Å². The van der Waals surface area contributed by atoms with Crippen molar-refractivity contribution in [3.8, 4) is 23.1 Å². The van der Waals surface area contributed by atoms with Gasteiger partial charge in [-0.3, -0.25) is 4.79 Å². The minimum absolute atomic E-state index is 0.0713. The van der Waals surface area contributed by atoms with Crippen molar-refractivity contribution >= 4 is 40.3 Å². The number of halogens is 2. The summed E-state index contributed by atoms with van der Waals surface area (Å²) in [5, 5.41) is 0.404. The maximum absolute atomic E-state index is 11.2. The number of carbonyl (C=O) groups excluding carboxylic acids is 1. The number of methoxy groups -OCH3 is 1. The van der Waals surface area contributed by atoms with Crippen LogP contribution in [0.5, 0.6) is 11.9 Å². The standard InChI is InChI=1S/C19H19BClIN5O3/c1-10(28)30-19-23-14-9-13(21)16(25-17(14)26-19)12-3-4-15(24-18(12)29-2)27-7-5-11(22-20)6-8-27/h3-4,9,11H,5-8H2,1-2H3,(H,23,25,26)/q-1. The molecule has 0 saturated carbocycles. The quantitative estimate of drug-likeness (QED) is 0.207. The molecule has 0 aliphatic carbocycles. The number of piperidine rings is 1. The molecule has 2 radical (unpaired) electrons. The molecule has 1 fully saturated rings. The number of aromatic nitrogens is 4. The average molecular weight is 539 g/mol. The van der Waals surface area contributed by atoms with Crippen LogP contribution in [0.15, 0.2) is 18.2 Å². The van der Waals surface area contributed by atoms with Crippen LogP contribution in [0.3, 0.4) is 0 Å². The molecule has 11 heteroatoms. The van der Waals surface area contributed by atoms with Crippen LogP contribution in [0.1, 0.15) is 19.8 Å². The number of anilines is 1. The Labute approximate surface area is 190 Å². The van der Waals surface area contributed by atoms with Crippen LogP contribution in [0.25, 0.3) is 22.4 Å². The number of fused-ring (bicyclic) bond motifs is 1. The van der Waals surface area contributed by atoms with Gasteiger partial charge in [-0.1, -0.05) is 0 Å². The number of hydrogen-bond acceptors (Lipinski definition) is 7. The van der Waals surface area contributed by atoms with Crippen LogP contribution >= 0.6 is 11.6 Å². The third-order valence-corrected chi connectivity index (χ3v) is 7.42. The first-order valence-corrected chi connectivity index (χ1v) is 12.2. The molecule has 3 aromatic heterocycles. The second-order valence-corrected chi connectivity index (χ2v) is 9.73. The van der Waals surface area contributed by atoms with E-state index in [1.807, 2.05) is 12.1 Å². The van der Waals surface area contributed by atoms with Crippen LogP contribution < -0.4 is 35.4 Å². The first-order chi connectivity index (χ1) is 14.5. The summed E-state index contributed by atoms with van der Waals surface area (Å²) in [4.78, 5) is 29.7. The molecule has 1 aliphatic heterocycles. The van der Waals surface area contributed by atoms with E-state index in [-0.39, 0.29) is 27.0 Å². The number of esters is 1. The number of alkyl halides is 1. The molecule has 4 rings (SSSR count). The van der Waals surface area contributed by atoms with Crippen molar-refractivity contribution in [2.75, 3.05) is 25.1 Å². The van der Waals surface area contributed by atoms with E-state index in [1.165, 1.54) is 6.92 Å². The summed E-state index contributed by atoms with van der Waals surface area (Å²) in [6.45, 7) is 3.18. The van der Waals surface area contributed by atoms with Crippen molar-refractivity contribution in [1.82, 2.24) is 19.9 Å². The Hall–Kier alpha value is -2.08. The van der Waals surface area contributed by atoms with Gasteiger partial charge in [-0.05, 0) is 0 Å². The fourth-order valence-electron chi connectivity index (χ4n) is 3.41. The van der Waals surface area contributed by atoms with Gasteiger partial charge >= 0.3 is 169 Å². The van der Waals surface area contributed by atoms with Crippen LogP contribution in [0.2, 0.25) is 5.02 Å². The molecule has 3 aromatic rings. The number of ether oxygens (including phenoxy) is 2. The summed E-state index contributed by atoms with van der Waals surface area (Å²) in [6, 6.07) is 5.62. The summed E-state index contributed by atoms with van der Waals surface area (Å²) >= 11 is 6.28. The zero-order valence-electron chi connectivity index (χ0n) is 16.5. The molecule has 1 saturated heterocycles. The Morgan fingerprint density at radius 1 is 1.30 bits per heavy atom. The molecule has 4 heterocycles. The molecule has 8 nitrogen and oxygen atoms in total. The van der Waals surface area contributed by atoms with Crippen molar-refractivity contribution in [3.05, 3.63) is 23.2 Å². The topological polar surface area (TPSA) is 93.2 Å². The second kappa shape index (κ2) is 8.97. The van der Waals surface area contributed by atoms with Gasteiger partial charge in [0.1, 0.15) is 0 Å². The number of carbonyl (C=O) groups is 1. The zero-order valence-corrected chi connectivity index (χ0v) is 19.4. The number of pyridine rings is 2. The molecule has 0 unspecified atom stereocenters. The van der Waals surface area contributed by atoms with Crippen LogP contribution in [0, 0.1) is 0 Å². The van der Waals surface area contributed by atoms with Gasteiger partial charge in [0.2, 0.25) is 0 Å². The van der Waals surface area contributed by atoms with Gasteiger partial charge < -0.3 is 9.72 Å². The van der Waals surface area contributed by atoms with Crippen molar-refractivity contribution in [1.29, 1.82) is 0 Å². The Balaban J connectivity index is 1.67. The molecular weight excluding hydrogens is 519 g/mol. The Morgan fingerprint density at radius 3 is 2.73 bits per heavy atom. The second-order valence-electron chi connectivity index (χ2n) is 6.84. The van der Waals surface area contributed by atoms with Gasteiger partial charge in [0.05, 0.1) is 0 Å². The van der Waals surface area contributed by atoms with E-state index in [9.17, 15) is 4.79 Å². The molecule has 0 spiro atoms. The SMILES string of the molecule is [B][I-]C1CCN(c2ccc(-c3nc4nc(OC(C)=O)[nH]c4cc3Cl)c(OC)n2)CC1. The number of hydrogen-bond donors (Lipinski definition) is 1. The summed E-state index contributed by atoms with van der Waals surface area (Å²) in [5.41, 5.74) is 8.00. The van der Waals surface area contributed by atoms with Crippen molar-refractivity contribution < 1.29 is 35.3 Å². The predicted molar refractivity (Wildman–Crippen MR) is 111 cm³/mol. The molecular formula is C19H19BClIN5O3-. The fraction of sp³-hybridized carbons (Fsp3) is 0.368. The van der Waals surface area contributed by atoms with Crippen LogP contribution in [0.4, 0.5) is 5.82 Å². The van der Waals surface area contributed by atoms with Gasteiger partial charge in [0.15, 0.2) is 0 Å². The number of nitrogens with one attached hydrogen (secondary N) is 1. The van der Waals surface area contributed by atoms with E-state index in [4.69, 9.17) is 31.8 Å². The van der Waals surface area contributed by atoms with E-state index in [0.29, 0.717) is 37.2 Å². The van der Waals surface area contributed by atoms with Crippen LogP contribution in [-0.2, 0) is 4.79 Å². The first kappa shape index (κ1) is 21.2. The summed E-state index contributed by atoms with van der Waals surface area (Å²) in [6.07, 6.45) is 2.20. The van der Waals surface area contributed by atoms with Crippen LogP contribution in [-0.4, -0.2) is 55.7 Å². The Bertz CT molecular complexity index is 1090. The first-order valence-electron chi connectivity index (χ1n) is 9.35. The third kappa shape index (κ3) is 4.34. The predicted octanol–water partition coefficient (Wildman–Crippen LogP) is -0.251. The number of rotatable bonds is 5. The summed E-state index contributed by atoms with van der Waals surface area (Å²) in [7, 11) is 1.57. The molecule has 156 valence electrons. The number of nitrogens with zero attached hydrogens (tertiary/aromatic N) is 4. The monoisotopic (exact) mass is 538 g/mol. The molecule has 0 amide bonds. The minimum atomic E-state index is -0.473. The Morgan fingerprint density at radius 2 is 2.07 bits per heavy atom. The number of H-pyrrole nitrogens is 1. The van der Waals surface area contributed by atoms with E-state index in [2.05, 4.69) is 19.9 Å². The zero-order chi connectivity index (χ0) is 21.3. The summed E-state index contributed by atoms with van der Waals surface area (Å²) in [5.74, 6) is 0.822. The summed E-state index contributed by atoms with van der Waals surface area (Å²) < 4.78 is 11.2. The molecule has 30 heavy (non-hydrogen) atoms. The van der Waals surface area contributed by atoms with Gasteiger partial charge in [-0.15, -0.1) is 0 Å². The fourth-order valence-corrected chi connectivity index (χ4v) is 4.94. The van der Waals surface area contributed by atoms with E-state index < -0.39 is 5.97 Å². The Kier molecular flexibility index (Phi) is 6.33. The van der Waals surface area contributed by atoms with E-state index >= 15 is 0 Å². The third-order valence-electron chi connectivity index (χ3n) is 4.87. The molecule has 0 aromatic carbocycles. The van der Waals surface area contributed by atoms with E-state index in [1.54, 1.807) is 13.2 Å². The van der Waals surface area contributed by atoms with E-state index in [0.717, 1.165) is 31.7 Å². The normalized spacial score (nSPS) is 15.0. The van der Waals surface area contributed by atoms with Crippen molar-refractivity contribution in [2.45, 2.75) is 23.7 Å². The number of aromatic amines is 1. The van der Waals surface area contributed by atoms with Crippen molar-refractivity contribution in [2.24, 2.45) is 0 Å². The van der Waals surface area contributed by atoms with Gasteiger partial charge in [-0.25, -0.2) is 0 Å². The molecule has 0 bridgehead atoms. The van der Waals surface area contributed by atoms with Crippen molar-refractivity contribution in [3.63, 3.8) is 0 Å². The maximum atomic E-state index is 11.2. The molecule has 1 aliphatic rings. The molecule has 0 atom stereocenters. The molecule has 1 N–H and O–H groups in total. The average Bonchev–Trinajstić information content (AvgIpc) is 3.13. The van der Waals surface area contributed by atoms with Gasteiger partial charge in [-0.2, -0.15) is 0 Å².